The minimum atomic E-state index is -0.692. The highest BCUT2D eigenvalue weighted by molar-refractivity contribution is 6.32. The third-order valence-electron chi connectivity index (χ3n) is 1.63. The summed E-state index contributed by atoms with van der Waals surface area (Å²) < 4.78 is 5.17. The molecular formula is C9H12ClNO3. The van der Waals surface area contributed by atoms with Crippen molar-refractivity contribution in [3.8, 4) is 11.5 Å². The van der Waals surface area contributed by atoms with Gasteiger partial charge >= 0.3 is 0 Å². The zero-order valence-corrected chi connectivity index (χ0v) is 8.24. The zero-order valence-electron chi connectivity index (χ0n) is 7.48. The van der Waals surface area contributed by atoms with E-state index in [1.54, 1.807) is 6.07 Å². The van der Waals surface area contributed by atoms with E-state index in [0.29, 0.717) is 5.75 Å². The van der Waals surface area contributed by atoms with Crippen molar-refractivity contribution in [3.63, 3.8) is 0 Å². The van der Waals surface area contributed by atoms with Crippen molar-refractivity contribution in [2.24, 2.45) is 5.73 Å². The van der Waals surface area contributed by atoms with Gasteiger partial charge in [-0.3, -0.25) is 0 Å². The first kappa shape index (κ1) is 11.1. The molecule has 14 heavy (non-hydrogen) atoms. The molecule has 0 heterocycles. The van der Waals surface area contributed by atoms with E-state index in [9.17, 15) is 0 Å². The van der Waals surface area contributed by atoms with E-state index in [2.05, 4.69) is 0 Å². The first-order chi connectivity index (χ1) is 6.63. The Morgan fingerprint density at radius 3 is 2.79 bits per heavy atom. The maximum Gasteiger partial charge on any atom is 0.134 e. The van der Waals surface area contributed by atoms with Crippen LogP contribution in [0.1, 0.15) is 0 Å². The molecule has 0 aliphatic heterocycles. The highest BCUT2D eigenvalue weighted by atomic mass is 35.5. The molecule has 0 saturated carbocycles. The van der Waals surface area contributed by atoms with Crippen LogP contribution in [0.25, 0.3) is 0 Å². The molecular weight excluding hydrogens is 206 g/mol. The Labute approximate surface area is 86.9 Å². The quantitative estimate of drug-likeness (QED) is 0.696. The molecule has 0 radical (unpaired) electrons. The van der Waals surface area contributed by atoms with Crippen molar-refractivity contribution in [2.75, 3.05) is 13.2 Å². The highest BCUT2D eigenvalue weighted by Crippen LogP contribution is 2.27. The molecule has 1 aromatic rings. The lowest BCUT2D eigenvalue weighted by atomic mass is 10.3. The number of phenols is 1. The molecule has 1 rings (SSSR count). The molecule has 4 N–H and O–H groups in total. The Hall–Kier alpha value is -0.970. The lowest BCUT2D eigenvalue weighted by Gasteiger charge is -2.10. The van der Waals surface area contributed by atoms with E-state index in [-0.39, 0.29) is 23.9 Å². The molecule has 0 aliphatic rings. The van der Waals surface area contributed by atoms with Crippen LogP contribution in [0.15, 0.2) is 18.2 Å². The maximum atomic E-state index is 9.11. The van der Waals surface area contributed by atoms with Gasteiger partial charge in [0.15, 0.2) is 0 Å². The number of aliphatic hydroxyl groups excluding tert-OH is 1. The van der Waals surface area contributed by atoms with E-state index in [4.69, 9.17) is 32.3 Å². The fourth-order valence-corrected chi connectivity index (χ4v) is 1.01. The minimum absolute atomic E-state index is 0.00149. The molecule has 0 saturated heterocycles. The van der Waals surface area contributed by atoms with Crippen molar-refractivity contribution >= 4 is 11.6 Å². The lowest BCUT2D eigenvalue weighted by molar-refractivity contribution is 0.114. The summed E-state index contributed by atoms with van der Waals surface area (Å²) in [6.07, 6.45) is -0.692. The zero-order chi connectivity index (χ0) is 10.6. The van der Waals surface area contributed by atoms with E-state index in [1.807, 2.05) is 0 Å². The van der Waals surface area contributed by atoms with Gasteiger partial charge in [-0.15, -0.1) is 0 Å². The summed E-state index contributed by atoms with van der Waals surface area (Å²) >= 11 is 5.65. The monoisotopic (exact) mass is 217 g/mol. The van der Waals surface area contributed by atoms with Crippen LogP contribution in [-0.2, 0) is 0 Å². The van der Waals surface area contributed by atoms with Gasteiger partial charge < -0.3 is 20.7 Å². The third kappa shape index (κ3) is 3.06. The van der Waals surface area contributed by atoms with Crippen LogP contribution in [0.4, 0.5) is 0 Å². The standard InChI is InChI=1S/C9H12ClNO3/c10-8-3-7(1-2-9(8)13)14-5-6(12)4-11/h1-3,6,12-13H,4-5,11H2. The van der Waals surface area contributed by atoms with E-state index in [1.165, 1.54) is 12.1 Å². The Kier molecular flexibility index (Phi) is 4.00. The van der Waals surface area contributed by atoms with Gasteiger partial charge in [-0.1, -0.05) is 11.6 Å². The van der Waals surface area contributed by atoms with Crippen molar-refractivity contribution < 1.29 is 14.9 Å². The second kappa shape index (κ2) is 5.05. The number of hydrogen-bond donors (Lipinski definition) is 3. The number of phenolic OH excluding ortho intramolecular Hbond substituents is 1. The van der Waals surface area contributed by atoms with Crippen molar-refractivity contribution in [1.29, 1.82) is 0 Å². The predicted molar refractivity (Wildman–Crippen MR) is 53.7 cm³/mol. The SMILES string of the molecule is NCC(O)COc1ccc(O)c(Cl)c1. The largest absolute Gasteiger partial charge is 0.506 e. The van der Waals surface area contributed by atoms with Gasteiger partial charge in [-0.05, 0) is 12.1 Å². The number of nitrogens with two attached hydrogens (primary N) is 1. The van der Waals surface area contributed by atoms with Crippen LogP contribution in [0, 0.1) is 0 Å². The van der Waals surface area contributed by atoms with Gasteiger partial charge in [0.25, 0.3) is 0 Å². The third-order valence-corrected chi connectivity index (χ3v) is 1.94. The predicted octanol–water partition coefficient (Wildman–Crippen LogP) is 0.744. The molecule has 0 fully saturated rings. The molecule has 0 amide bonds. The van der Waals surface area contributed by atoms with Crippen LogP contribution in [-0.4, -0.2) is 29.5 Å². The van der Waals surface area contributed by atoms with Gasteiger partial charge in [-0.25, -0.2) is 0 Å². The van der Waals surface area contributed by atoms with Gasteiger partial charge in [0.1, 0.15) is 24.2 Å². The summed E-state index contributed by atoms with van der Waals surface area (Å²) in [5.41, 5.74) is 5.19. The Balaban J connectivity index is 2.55. The summed E-state index contributed by atoms with van der Waals surface area (Å²) in [5, 5.41) is 18.4. The van der Waals surface area contributed by atoms with Gasteiger partial charge in [0.2, 0.25) is 0 Å². The number of hydrogen-bond acceptors (Lipinski definition) is 4. The van der Waals surface area contributed by atoms with Crippen LogP contribution >= 0.6 is 11.6 Å². The number of rotatable bonds is 4. The summed E-state index contributed by atoms with van der Waals surface area (Å²) in [5.74, 6) is 0.485. The molecule has 1 unspecified atom stereocenters. The Bertz CT molecular complexity index is 306. The molecule has 78 valence electrons. The van der Waals surface area contributed by atoms with E-state index >= 15 is 0 Å². The molecule has 0 bridgehead atoms. The fourth-order valence-electron chi connectivity index (χ4n) is 0.838. The smallest absolute Gasteiger partial charge is 0.134 e. The Morgan fingerprint density at radius 1 is 1.50 bits per heavy atom. The van der Waals surface area contributed by atoms with Gasteiger partial charge in [0, 0.05) is 12.6 Å². The van der Waals surface area contributed by atoms with Crippen LogP contribution in [0.5, 0.6) is 11.5 Å². The van der Waals surface area contributed by atoms with E-state index < -0.39 is 6.10 Å². The molecule has 4 nitrogen and oxygen atoms in total. The topological polar surface area (TPSA) is 75.7 Å². The minimum Gasteiger partial charge on any atom is -0.506 e. The lowest BCUT2D eigenvalue weighted by Crippen LogP contribution is -2.26. The van der Waals surface area contributed by atoms with Crippen molar-refractivity contribution in [1.82, 2.24) is 0 Å². The van der Waals surface area contributed by atoms with Crippen LogP contribution in [0.3, 0.4) is 0 Å². The van der Waals surface area contributed by atoms with E-state index in [0.717, 1.165) is 0 Å². The normalized spacial score (nSPS) is 12.5. The average Bonchev–Trinajstić information content (AvgIpc) is 2.19. The highest BCUT2D eigenvalue weighted by Gasteiger charge is 2.04. The molecule has 1 aromatic carbocycles. The summed E-state index contributed by atoms with van der Waals surface area (Å²) in [6, 6.07) is 4.46. The summed E-state index contributed by atoms with van der Waals surface area (Å²) in [6.45, 7) is 0.253. The van der Waals surface area contributed by atoms with Crippen molar-refractivity contribution in [2.45, 2.75) is 6.10 Å². The second-order valence-electron chi connectivity index (χ2n) is 2.81. The molecule has 1 atom stereocenters. The van der Waals surface area contributed by atoms with Gasteiger partial charge in [-0.2, -0.15) is 0 Å². The first-order valence-electron chi connectivity index (χ1n) is 4.13. The number of halogens is 1. The molecule has 0 spiro atoms. The average molecular weight is 218 g/mol. The number of aromatic hydroxyl groups is 1. The molecule has 0 aromatic heterocycles. The number of aliphatic hydroxyl groups is 1. The molecule has 5 heteroatoms. The summed E-state index contributed by atoms with van der Waals surface area (Å²) in [7, 11) is 0. The number of benzene rings is 1. The second-order valence-corrected chi connectivity index (χ2v) is 3.22. The van der Waals surface area contributed by atoms with Crippen LogP contribution < -0.4 is 10.5 Å². The first-order valence-corrected chi connectivity index (χ1v) is 4.50. The Morgan fingerprint density at radius 2 is 2.21 bits per heavy atom. The summed E-state index contributed by atoms with van der Waals surface area (Å²) in [4.78, 5) is 0. The fraction of sp³-hybridized carbons (Fsp3) is 0.333. The molecule has 0 aliphatic carbocycles. The van der Waals surface area contributed by atoms with Crippen LogP contribution in [0.2, 0.25) is 5.02 Å². The van der Waals surface area contributed by atoms with Gasteiger partial charge in [0.05, 0.1) is 5.02 Å². The van der Waals surface area contributed by atoms with Crippen molar-refractivity contribution in [3.05, 3.63) is 23.2 Å². The maximum absolute atomic E-state index is 9.11. The number of ether oxygens (including phenoxy) is 1.